The molecule has 1 aromatic heterocycles. The molecular formula is C16H27N3O2. The number of aryl methyl sites for hydroxylation is 1. The molecule has 21 heavy (non-hydrogen) atoms. The van der Waals surface area contributed by atoms with Crippen LogP contribution in [0.5, 0.6) is 0 Å². The van der Waals surface area contributed by atoms with Crippen molar-refractivity contribution in [3.8, 4) is 0 Å². The van der Waals surface area contributed by atoms with Crippen LogP contribution < -0.4 is 10.6 Å². The predicted octanol–water partition coefficient (Wildman–Crippen LogP) is 2.62. The number of amides is 1. The van der Waals surface area contributed by atoms with E-state index in [4.69, 9.17) is 4.74 Å². The summed E-state index contributed by atoms with van der Waals surface area (Å²) in [6.07, 6.45) is 2.66. The standard InChI is InChI=1S/C16H27N3O2/c1-4-9-21-10-7-8-18-16(20)13-11-14(5-2)19-15(12-13)17-6-3/h11-12H,4-10H2,1-3H3,(H,17,19)(H,18,20). The Labute approximate surface area is 127 Å². The van der Waals surface area contributed by atoms with Crippen LogP contribution in [0.25, 0.3) is 0 Å². The molecule has 0 aromatic carbocycles. The molecule has 5 heteroatoms. The van der Waals surface area contributed by atoms with Gasteiger partial charge in [0.25, 0.3) is 5.91 Å². The summed E-state index contributed by atoms with van der Waals surface area (Å²) in [7, 11) is 0. The molecule has 1 amide bonds. The minimum atomic E-state index is -0.0539. The minimum Gasteiger partial charge on any atom is -0.381 e. The second kappa shape index (κ2) is 10.2. The topological polar surface area (TPSA) is 63.2 Å². The van der Waals surface area contributed by atoms with Crippen LogP contribution in [0.3, 0.4) is 0 Å². The summed E-state index contributed by atoms with van der Waals surface area (Å²) in [5.41, 5.74) is 1.58. The zero-order chi connectivity index (χ0) is 15.5. The quantitative estimate of drug-likeness (QED) is 0.651. The van der Waals surface area contributed by atoms with Crippen molar-refractivity contribution in [2.75, 3.05) is 31.6 Å². The van der Waals surface area contributed by atoms with Crippen LogP contribution in [0.15, 0.2) is 12.1 Å². The average molecular weight is 293 g/mol. The van der Waals surface area contributed by atoms with Crippen molar-refractivity contribution < 1.29 is 9.53 Å². The van der Waals surface area contributed by atoms with Gasteiger partial charge < -0.3 is 15.4 Å². The lowest BCUT2D eigenvalue weighted by Gasteiger charge is -2.10. The molecule has 1 aromatic rings. The van der Waals surface area contributed by atoms with Crippen molar-refractivity contribution in [1.29, 1.82) is 0 Å². The second-order valence-electron chi connectivity index (χ2n) is 4.84. The Morgan fingerprint density at radius 1 is 1.24 bits per heavy atom. The highest BCUT2D eigenvalue weighted by atomic mass is 16.5. The molecule has 1 heterocycles. The highest BCUT2D eigenvalue weighted by Gasteiger charge is 2.08. The maximum Gasteiger partial charge on any atom is 0.251 e. The molecule has 0 spiro atoms. The van der Waals surface area contributed by atoms with Gasteiger partial charge in [0.15, 0.2) is 0 Å². The van der Waals surface area contributed by atoms with E-state index in [0.717, 1.165) is 43.9 Å². The van der Waals surface area contributed by atoms with Crippen LogP contribution in [0.2, 0.25) is 0 Å². The number of nitrogens with zero attached hydrogens (tertiary/aromatic N) is 1. The van der Waals surface area contributed by atoms with Crippen LogP contribution in [0, 0.1) is 0 Å². The van der Waals surface area contributed by atoms with Crippen molar-refractivity contribution >= 4 is 11.7 Å². The molecule has 0 atom stereocenters. The van der Waals surface area contributed by atoms with Crippen molar-refractivity contribution in [3.05, 3.63) is 23.4 Å². The number of hydrogen-bond donors (Lipinski definition) is 2. The molecule has 0 saturated heterocycles. The van der Waals surface area contributed by atoms with E-state index in [2.05, 4.69) is 22.5 Å². The Bertz CT molecular complexity index is 436. The number of anilines is 1. The summed E-state index contributed by atoms with van der Waals surface area (Å²) in [4.78, 5) is 16.6. The van der Waals surface area contributed by atoms with Crippen molar-refractivity contribution in [3.63, 3.8) is 0 Å². The van der Waals surface area contributed by atoms with Gasteiger partial charge in [0.05, 0.1) is 0 Å². The first-order chi connectivity index (χ1) is 10.2. The minimum absolute atomic E-state index is 0.0539. The smallest absolute Gasteiger partial charge is 0.251 e. The van der Waals surface area contributed by atoms with E-state index in [9.17, 15) is 4.79 Å². The highest BCUT2D eigenvalue weighted by Crippen LogP contribution is 2.11. The number of hydrogen-bond acceptors (Lipinski definition) is 4. The summed E-state index contributed by atoms with van der Waals surface area (Å²) in [5.74, 6) is 0.704. The van der Waals surface area contributed by atoms with Gasteiger partial charge in [-0.3, -0.25) is 4.79 Å². The van der Waals surface area contributed by atoms with Crippen LogP contribution in [-0.2, 0) is 11.2 Å². The van der Waals surface area contributed by atoms with E-state index >= 15 is 0 Å². The molecule has 118 valence electrons. The van der Waals surface area contributed by atoms with Gasteiger partial charge in [-0.2, -0.15) is 0 Å². The summed E-state index contributed by atoms with van der Waals surface area (Å²) < 4.78 is 5.39. The van der Waals surface area contributed by atoms with E-state index in [0.29, 0.717) is 18.7 Å². The maximum absolute atomic E-state index is 12.2. The molecule has 0 saturated carbocycles. The molecule has 2 N–H and O–H groups in total. The van der Waals surface area contributed by atoms with Crippen LogP contribution >= 0.6 is 0 Å². The van der Waals surface area contributed by atoms with Crippen LogP contribution in [0.4, 0.5) is 5.82 Å². The number of rotatable bonds is 10. The summed E-state index contributed by atoms with van der Waals surface area (Å²) >= 11 is 0. The first-order valence-corrected chi connectivity index (χ1v) is 7.82. The Morgan fingerprint density at radius 3 is 2.71 bits per heavy atom. The first-order valence-electron chi connectivity index (χ1n) is 7.82. The molecule has 1 rings (SSSR count). The van der Waals surface area contributed by atoms with Gasteiger partial charge in [0.1, 0.15) is 5.82 Å². The third-order valence-corrected chi connectivity index (χ3v) is 2.96. The number of carbonyl (C=O) groups is 1. The number of carbonyl (C=O) groups excluding carboxylic acids is 1. The van der Waals surface area contributed by atoms with Crippen molar-refractivity contribution in [2.24, 2.45) is 0 Å². The third kappa shape index (κ3) is 6.58. The van der Waals surface area contributed by atoms with Gasteiger partial charge in [-0.05, 0) is 38.3 Å². The average Bonchev–Trinajstić information content (AvgIpc) is 2.50. The van der Waals surface area contributed by atoms with E-state index in [1.165, 1.54) is 0 Å². The van der Waals surface area contributed by atoms with Gasteiger partial charge in [-0.25, -0.2) is 4.98 Å². The van der Waals surface area contributed by atoms with Gasteiger partial charge >= 0.3 is 0 Å². The number of ether oxygens (including phenoxy) is 1. The SMILES string of the molecule is CCCOCCCNC(=O)c1cc(CC)nc(NCC)c1. The molecular weight excluding hydrogens is 266 g/mol. The van der Waals surface area contributed by atoms with Crippen LogP contribution in [0.1, 0.15) is 49.7 Å². The maximum atomic E-state index is 12.2. The molecule has 0 unspecified atom stereocenters. The molecule has 0 fully saturated rings. The fourth-order valence-corrected chi connectivity index (χ4v) is 1.90. The highest BCUT2D eigenvalue weighted by molar-refractivity contribution is 5.95. The fourth-order valence-electron chi connectivity index (χ4n) is 1.90. The summed E-state index contributed by atoms with van der Waals surface area (Å²) in [5, 5.41) is 6.08. The van der Waals surface area contributed by atoms with Gasteiger partial charge in [0.2, 0.25) is 0 Å². The third-order valence-electron chi connectivity index (χ3n) is 2.96. The zero-order valence-corrected chi connectivity index (χ0v) is 13.4. The molecule has 0 aliphatic rings. The van der Waals surface area contributed by atoms with E-state index in [1.54, 1.807) is 6.07 Å². The molecule has 0 aliphatic carbocycles. The Balaban J connectivity index is 2.50. The van der Waals surface area contributed by atoms with Gasteiger partial charge in [-0.1, -0.05) is 13.8 Å². The molecule has 0 radical (unpaired) electrons. The summed E-state index contributed by atoms with van der Waals surface area (Å²) in [6, 6.07) is 3.65. The lowest BCUT2D eigenvalue weighted by atomic mass is 10.2. The van der Waals surface area contributed by atoms with Gasteiger partial charge in [0, 0.05) is 37.6 Å². The largest absolute Gasteiger partial charge is 0.381 e. The number of aromatic nitrogens is 1. The first kappa shape index (κ1) is 17.4. The van der Waals surface area contributed by atoms with Gasteiger partial charge in [-0.15, -0.1) is 0 Å². The van der Waals surface area contributed by atoms with E-state index < -0.39 is 0 Å². The fraction of sp³-hybridized carbons (Fsp3) is 0.625. The summed E-state index contributed by atoms with van der Waals surface area (Å²) in [6.45, 7) is 9.01. The lowest BCUT2D eigenvalue weighted by Crippen LogP contribution is -2.25. The van der Waals surface area contributed by atoms with Crippen molar-refractivity contribution in [2.45, 2.75) is 40.0 Å². The lowest BCUT2D eigenvalue weighted by molar-refractivity contribution is 0.0941. The Kier molecular flexibility index (Phi) is 8.43. The Hall–Kier alpha value is -1.62. The van der Waals surface area contributed by atoms with Crippen molar-refractivity contribution in [1.82, 2.24) is 10.3 Å². The zero-order valence-electron chi connectivity index (χ0n) is 13.4. The second-order valence-corrected chi connectivity index (χ2v) is 4.84. The Morgan fingerprint density at radius 2 is 2.05 bits per heavy atom. The molecule has 5 nitrogen and oxygen atoms in total. The van der Waals surface area contributed by atoms with E-state index in [1.807, 2.05) is 19.9 Å². The molecule has 0 aliphatic heterocycles. The monoisotopic (exact) mass is 293 g/mol. The van der Waals surface area contributed by atoms with Crippen LogP contribution in [-0.4, -0.2) is 37.2 Å². The molecule has 0 bridgehead atoms. The number of pyridine rings is 1. The predicted molar refractivity (Wildman–Crippen MR) is 85.8 cm³/mol. The van der Waals surface area contributed by atoms with E-state index in [-0.39, 0.29) is 5.91 Å². The number of nitrogens with one attached hydrogen (secondary N) is 2. The normalized spacial score (nSPS) is 10.4.